The molecule has 1 fully saturated rings. The molecule has 3 aromatic rings. The number of aromatic amines is 1. The van der Waals surface area contributed by atoms with Gasteiger partial charge >= 0.3 is 0 Å². The van der Waals surface area contributed by atoms with Gasteiger partial charge in [0.15, 0.2) is 5.16 Å². The van der Waals surface area contributed by atoms with E-state index in [1.165, 1.54) is 17.3 Å². The van der Waals surface area contributed by atoms with Gasteiger partial charge < -0.3 is 14.9 Å². The van der Waals surface area contributed by atoms with Crippen LogP contribution >= 0.6 is 11.8 Å². The minimum Gasteiger partial charge on any atom is -0.345 e. The molecule has 1 unspecified atom stereocenters. The van der Waals surface area contributed by atoms with Crippen LogP contribution in [0.1, 0.15) is 30.3 Å². The number of aromatic nitrogens is 4. The topological polar surface area (TPSA) is 75.6 Å². The SMILES string of the molecule is Cc1ccc2nc(SCC(=O)NC(c3nccn3C)C3CC3)[nH]c2c1. The minimum atomic E-state index is 0.00595. The maximum Gasteiger partial charge on any atom is 0.231 e. The maximum atomic E-state index is 12.4. The first kappa shape index (κ1) is 16.2. The van der Waals surface area contributed by atoms with E-state index < -0.39 is 0 Å². The fraction of sp³-hybridized carbons (Fsp3) is 0.389. The summed E-state index contributed by atoms with van der Waals surface area (Å²) in [5, 5.41) is 3.92. The Morgan fingerprint density at radius 3 is 3.04 bits per heavy atom. The maximum absolute atomic E-state index is 12.4. The van der Waals surface area contributed by atoms with Crippen molar-refractivity contribution in [3.05, 3.63) is 42.0 Å². The lowest BCUT2D eigenvalue weighted by atomic mass is 10.1. The van der Waals surface area contributed by atoms with Crippen LogP contribution in [0.15, 0.2) is 35.7 Å². The Morgan fingerprint density at radius 1 is 1.48 bits per heavy atom. The van der Waals surface area contributed by atoms with Crippen molar-refractivity contribution in [1.29, 1.82) is 0 Å². The van der Waals surface area contributed by atoms with Crippen LogP contribution in [0.5, 0.6) is 0 Å². The average Bonchev–Trinajstić information content (AvgIpc) is 3.22. The van der Waals surface area contributed by atoms with Crippen LogP contribution in [-0.4, -0.2) is 31.2 Å². The molecule has 0 bridgehead atoms. The van der Waals surface area contributed by atoms with Crippen LogP contribution in [-0.2, 0) is 11.8 Å². The van der Waals surface area contributed by atoms with Crippen molar-refractivity contribution in [1.82, 2.24) is 24.8 Å². The molecule has 1 amide bonds. The fourth-order valence-corrected chi connectivity index (χ4v) is 3.71. The molecule has 2 N–H and O–H groups in total. The Labute approximate surface area is 150 Å². The molecule has 4 rings (SSSR count). The highest BCUT2D eigenvalue weighted by molar-refractivity contribution is 7.99. The Kier molecular flexibility index (Phi) is 4.25. The standard InChI is InChI=1S/C18H21N5OS/c1-11-3-6-13-14(9-11)21-18(20-13)25-10-15(24)22-16(12-4-5-12)17-19-7-8-23(17)2/h3,6-9,12,16H,4-5,10H2,1-2H3,(H,20,21)(H,22,24). The number of H-pyrrole nitrogens is 1. The van der Waals surface area contributed by atoms with Gasteiger partial charge in [-0.15, -0.1) is 0 Å². The molecule has 1 aliphatic rings. The van der Waals surface area contributed by atoms with Crippen LogP contribution in [0, 0.1) is 12.8 Å². The van der Waals surface area contributed by atoms with Crippen LogP contribution < -0.4 is 5.32 Å². The van der Waals surface area contributed by atoms with Crippen molar-refractivity contribution in [2.45, 2.75) is 31.0 Å². The van der Waals surface area contributed by atoms with Crippen LogP contribution in [0.2, 0.25) is 0 Å². The van der Waals surface area contributed by atoms with Gasteiger partial charge in [0.05, 0.1) is 22.8 Å². The van der Waals surface area contributed by atoms with Crippen molar-refractivity contribution in [3.8, 4) is 0 Å². The number of fused-ring (bicyclic) bond motifs is 1. The van der Waals surface area contributed by atoms with Crippen LogP contribution in [0.25, 0.3) is 11.0 Å². The summed E-state index contributed by atoms with van der Waals surface area (Å²) in [7, 11) is 1.97. The zero-order valence-electron chi connectivity index (χ0n) is 14.3. The van der Waals surface area contributed by atoms with Crippen LogP contribution in [0.4, 0.5) is 0 Å². The number of thioether (sulfide) groups is 1. The van der Waals surface area contributed by atoms with E-state index in [-0.39, 0.29) is 11.9 Å². The first-order valence-electron chi connectivity index (χ1n) is 8.46. The number of nitrogens with one attached hydrogen (secondary N) is 2. The van der Waals surface area contributed by atoms with E-state index in [2.05, 4.69) is 33.3 Å². The Bertz CT molecular complexity index is 911. The van der Waals surface area contributed by atoms with E-state index in [0.717, 1.165) is 34.9 Å². The zero-order chi connectivity index (χ0) is 17.4. The van der Waals surface area contributed by atoms with Crippen molar-refractivity contribution in [3.63, 3.8) is 0 Å². The predicted octanol–water partition coefficient (Wildman–Crippen LogP) is 2.96. The van der Waals surface area contributed by atoms with E-state index in [9.17, 15) is 4.79 Å². The van der Waals surface area contributed by atoms with Crippen molar-refractivity contribution in [2.24, 2.45) is 13.0 Å². The molecule has 0 aliphatic heterocycles. The van der Waals surface area contributed by atoms with Crippen molar-refractivity contribution < 1.29 is 4.79 Å². The molecule has 1 atom stereocenters. The summed E-state index contributed by atoms with van der Waals surface area (Å²) in [6, 6.07) is 6.11. The number of benzene rings is 1. The molecule has 2 heterocycles. The van der Waals surface area contributed by atoms with Gasteiger partial charge in [-0.3, -0.25) is 4.79 Å². The zero-order valence-corrected chi connectivity index (χ0v) is 15.1. The lowest BCUT2D eigenvalue weighted by Crippen LogP contribution is -2.32. The normalized spacial score (nSPS) is 15.4. The molecule has 1 aliphatic carbocycles. The van der Waals surface area contributed by atoms with Gasteiger partial charge in [0.1, 0.15) is 5.82 Å². The Hall–Kier alpha value is -2.28. The van der Waals surface area contributed by atoms with Crippen molar-refractivity contribution in [2.75, 3.05) is 5.75 Å². The highest BCUT2D eigenvalue weighted by atomic mass is 32.2. The first-order valence-corrected chi connectivity index (χ1v) is 9.44. The third-order valence-corrected chi connectivity index (χ3v) is 5.38. The highest BCUT2D eigenvalue weighted by Crippen LogP contribution is 2.40. The number of carbonyl (C=O) groups excluding carboxylic acids is 1. The lowest BCUT2D eigenvalue weighted by molar-refractivity contribution is -0.119. The number of hydrogen-bond acceptors (Lipinski definition) is 4. The van der Waals surface area contributed by atoms with Gasteiger partial charge in [-0.2, -0.15) is 0 Å². The summed E-state index contributed by atoms with van der Waals surface area (Å²) in [4.78, 5) is 24.6. The molecule has 7 heteroatoms. The summed E-state index contributed by atoms with van der Waals surface area (Å²) >= 11 is 1.43. The largest absolute Gasteiger partial charge is 0.345 e. The number of amides is 1. The van der Waals surface area contributed by atoms with Gasteiger partial charge in [0, 0.05) is 19.4 Å². The molecular weight excluding hydrogens is 334 g/mol. The summed E-state index contributed by atoms with van der Waals surface area (Å²) in [6.45, 7) is 2.05. The quantitative estimate of drug-likeness (QED) is 0.667. The molecule has 6 nitrogen and oxygen atoms in total. The molecule has 0 radical (unpaired) electrons. The molecule has 1 saturated carbocycles. The molecule has 0 spiro atoms. The minimum absolute atomic E-state index is 0.00595. The lowest BCUT2D eigenvalue weighted by Gasteiger charge is -2.17. The number of imidazole rings is 2. The van der Waals surface area contributed by atoms with Gasteiger partial charge in [-0.25, -0.2) is 9.97 Å². The van der Waals surface area contributed by atoms with E-state index in [1.807, 2.05) is 29.9 Å². The molecular formula is C18H21N5OS. The second kappa shape index (κ2) is 6.55. The summed E-state index contributed by atoms with van der Waals surface area (Å²) in [5.41, 5.74) is 3.12. The molecule has 1 aromatic carbocycles. The average molecular weight is 355 g/mol. The second-order valence-electron chi connectivity index (χ2n) is 6.63. The second-order valence-corrected chi connectivity index (χ2v) is 7.59. The van der Waals surface area contributed by atoms with E-state index in [1.54, 1.807) is 6.20 Å². The van der Waals surface area contributed by atoms with Gasteiger partial charge in [-0.1, -0.05) is 17.8 Å². The van der Waals surface area contributed by atoms with Gasteiger partial charge in [0.2, 0.25) is 5.91 Å². The highest BCUT2D eigenvalue weighted by Gasteiger charge is 2.35. The Balaban J connectivity index is 1.40. The number of rotatable bonds is 6. The van der Waals surface area contributed by atoms with Gasteiger partial charge in [-0.05, 0) is 43.4 Å². The van der Waals surface area contributed by atoms with E-state index >= 15 is 0 Å². The summed E-state index contributed by atoms with van der Waals surface area (Å²) in [6.07, 6.45) is 5.99. The molecule has 130 valence electrons. The monoisotopic (exact) mass is 355 g/mol. The third kappa shape index (κ3) is 3.56. The number of nitrogens with zero attached hydrogens (tertiary/aromatic N) is 3. The Morgan fingerprint density at radius 2 is 2.32 bits per heavy atom. The van der Waals surface area contributed by atoms with Gasteiger partial charge in [0.25, 0.3) is 0 Å². The van der Waals surface area contributed by atoms with Crippen molar-refractivity contribution >= 4 is 28.7 Å². The predicted molar refractivity (Wildman–Crippen MR) is 98.4 cm³/mol. The molecule has 2 aromatic heterocycles. The first-order chi connectivity index (χ1) is 12.1. The number of carbonyl (C=O) groups is 1. The fourth-order valence-electron chi connectivity index (χ4n) is 3.02. The van der Waals surface area contributed by atoms with Crippen LogP contribution in [0.3, 0.4) is 0 Å². The molecule has 0 saturated heterocycles. The van der Waals surface area contributed by atoms with E-state index in [0.29, 0.717) is 11.7 Å². The summed E-state index contributed by atoms with van der Waals surface area (Å²) < 4.78 is 1.98. The summed E-state index contributed by atoms with van der Waals surface area (Å²) in [5.74, 6) is 1.79. The number of aryl methyl sites for hydroxylation is 2. The molecule has 25 heavy (non-hydrogen) atoms. The number of hydrogen-bond donors (Lipinski definition) is 2. The smallest absolute Gasteiger partial charge is 0.231 e. The van der Waals surface area contributed by atoms with E-state index in [4.69, 9.17) is 0 Å². The third-order valence-electron chi connectivity index (χ3n) is 4.50.